The first-order valence-electron chi connectivity index (χ1n) is 7.00. The monoisotopic (exact) mass is 328 g/mol. The molecule has 0 aliphatic heterocycles. The van der Waals surface area contributed by atoms with Crippen molar-refractivity contribution in [2.75, 3.05) is 25.5 Å². The Labute approximate surface area is 134 Å². The van der Waals surface area contributed by atoms with E-state index in [1.807, 2.05) is 13.8 Å². The third kappa shape index (κ3) is 6.78. The maximum atomic E-state index is 11.7. The Bertz CT molecular complexity index is 520. The second-order valence-electron chi connectivity index (χ2n) is 4.94. The zero-order valence-corrected chi connectivity index (χ0v) is 13.5. The Kier molecular flexibility index (Phi) is 7.70. The lowest BCUT2D eigenvalue weighted by Crippen LogP contribution is -2.30. The largest absolute Gasteiger partial charge is 0.452 e. The number of rotatable bonds is 8. The predicted octanol–water partition coefficient (Wildman–Crippen LogP) is 2.01. The van der Waals surface area contributed by atoms with Crippen molar-refractivity contribution in [2.24, 2.45) is 0 Å². The lowest BCUT2D eigenvalue weighted by Gasteiger charge is -2.09. The molecule has 1 aromatic rings. The first kappa shape index (κ1) is 18.3. The van der Waals surface area contributed by atoms with Crippen LogP contribution in [-0.2, 0) is 14.3 Å². The zero-order chi connectivity index (χ0) is 16.5. The summed E-state index contributed by atoms with van der Waals surface area (Å²) in [6, 6.07) is 4.40. The van der Waals surface area contributed by atoms with Crippen LogP contribution in [0, 0.1) is 0 Å². The summed E-state index contributed by atoms with van der Waals surface area (Å²) >= 11 is 5.76. The van der Waals surface area contributed by atoms with E-state index in [9.17, 15) is 9.59 Å². The van der Waals surface area contributed by atoms with Gasteiger partial charge in [0.25, 0.3) is 5.91 Å². The van der Waals surface area contributed by atoms with E-state index in [4.69, 9.17) is 26.8 Å². The van der Waals surface area contributed by atoms with Gasteiger partial charge in [-0.15, -0.1) is 0 Å². The topological polar surface area (TPSA) is 90.6 Å². The molecule has 0 aliphatic rings. The molecule has 0 fully saturated rings. The van der Waals surface area contributed by atoms with E-state index in [-0.39, 0.29) is 29.9 Å². The number of nitrogens with two attached hydrogens (primary N) is 1. The highest BCUT2D eigenvalue weighted by molar-refractivity contribution is 6.33. The van der Waals surface area contributed by atoms with Crippen LogP contribution in [0.2, 0.25) is 5.02 Å². The van der Waals surface area contributed by atoms with Crippen LogP contribution < -0.4 is 11.1 Å². The minimum atomic E-state index is -0.623. The Morgan fingerprint density at radius 1 is 1.36 bits per heavy atom. The number of anilines is 1. The Morgan fingerprint density at radius 2 is 2.09 bits per heavy atom. The van der Waals surface area contributed by atoms with Crippen LogP contribution >= 0.6 is 11.6 Å². The van der Waals surface area contributed by atoms with Gasteiger partial charge < -0.3 is 20.5 Å². The summed E-state index contributed by atoms with van der Waals surface area (Å²) in [5.41, 5.74) is 6.13. The quantitative estimate of drug-likeness (QED) is 0.433. The third-order valence-electron chi connectivity index (χ3n) is 2.66. The number of nitrogen functional groups attached to an aromatic ring is 1. The number of hydrogen-bond acceptors (Lipinski definition) is 5. The van der Waals surface area contributed by atoms with Crippen molar-refractivity contribution in [3.05, 3.63) is 28.8 Å². The van der Waals surface area contributed by atoms with Gasteiger partial charge in [-0.05, 0) is 38.5 Å². The van der Waals surface area contributed by atoms with Crippen LogP contribution in [0.4, 0.5) is 5.69 Å². The highest BCUT2D eigenvalue weighted by atomic mass is 35.5. The minimum Gasteiger partial charge on any atom is -0.452 e. The van der Waals surface area contributed by atoms with E-state index in [1.165, 1.54) is 18.2 Å². The fourth-order valence-corrected chi connectivity index (χ4v) is 1.67. The van der Waals surface area contributed by atoms with Gasteiger partial charge in [0, 0.05) is 13.2 Å². The van der Waals surface area contributed by atoms with Crippen LogP contribution in [0.1, 0.15) is 30.6 Å². The molecule has 0 aromatic heterocycles. The van der Waals surface area contributed by atoms with E-state index in [1.54, 1.807) is 0 Å². The molecule has 0 spiro atoms. The van der Waals surface area contributed by atoms with Crippen LogP contribution in [0.15, 0.2) is 18.2 Å². The molecule has 0 saturated carbocycles. The van der Waals surface area contributed by atoms with Gasteiger partial charge in [0.15, 0.2) is 6.61 Å². The van der Waals surface area contributed by atoms with Gasteiger partial charge in [-0.3, -0.25) is 4.79 Å². The maximum absolute atomic E-state index is 11.7. The molecule has 0 bridgehead atoms. The lowest BCUT2D eigenvalue weighted by molar-refractivity contribution is -0.124. The van der Waals surface area contributed by atoms with Crippen molar-refractivity contribution in [2.45, 2.75) is 26.4 Å². The van der Waals surface area contributed by atoms with E-state index in [0.29, 0.717) is 24.6 Å². The number of halogens is 1. The number of nitrogens with one attached hydrogen (secondary N) is 1. The second kappa shape index (κ2) is 9.27. The van der Waals surface area contributed by atoms with Gasteiger partial charge in [-0.25, -0.2) is 4.79 Å². The first-order chi connectivity index (χ1) is 10.4. The number of carbonyl (C=O) groups is 2. The molecule has 0 heterocycles. The molecule has 6 nitrogen and oxygen atoms in total. The van der Waals surface area contributed by atoms with E-state index >= 15 is 0 Å². The van der Waals surface area contributed by atoms with Gasteiger partial charge in [0.2, 0.25) is 0 Å². The number of benzene rings is 1. The first-order valence-corrected chi connectivity index (χ1v) is 7.38. The normalized spacial score (nSPS) is 10.5. The minimum absolute atomic E-state index is 0.170. The highest BCUT2D eigenvalue weighted by Gasteiger charge is 2.11. The zero-order valence-electron chi connectivity index (χ0n) is 12.7. The molecule has 22 heavy (non-hydrogen) atoms. The van der Waals surface area contributed by atoms with E-state index < -0.39 is 5.97 Å². The van der Waals surface area contributed by atoms with Crippen LogP contribution in [0.3, 0.4) is 0 Å². The van der Waals surface area contributed by atoms with Crippen LogP contribution in [-0.4, -0.2) is 37.7 Å². The number of amides is 1. The number of ether oxygens (including phenoxy) is 2. The van der Waals surface area contributed by atoms with E-state index in [0.717, 1.165) is 0 Å². The molecule has 7 heteroatoms. The molecule has 3 N–H and O–H groups in total. The van der Waals surface area contributed by atoms with E-state index in [2.05, 4.69) is 5.32 Å². The third-order valence-corrected chi connectivity index (χ3v) is 3.00. The number of carbonyl (C=O) groups excluding carboxylic acids is 2. The van der Waals surface area contributed by atoms with Gasteiger partial charge >= 0.3 is 5.97 Å². The summed E-state index contributed by atoms with van der Waals surface area (Å²) in [6.45, 7) is 4.59. The molecule has 0 atom stereocenters. The predicted molar refractivity (Wildman–Crippen MR) is 84.9 cm³/mol. The summed E-state index contributed by atoms with van der Waals surface area (Å²) in [7, 11) is 0. The molecule has 1 rings (SSSR count). The van der Waals surface area contributed by atoms with Crippen molar-refractivity contribution in [1.82, 2.24) is 5.32 Å². The molecule has 122 valence electrons. The van der Waals surface area contributed by atoms with Crippen molar-refractivity contribution in [1.29, 1.82) is 0 Å². The van der Waals surface area contributed by atoms with Crippen molar-refractivity contribution in [3.8, 4) is 0 Å². The van der Waals surface area contributed by atoms with Crippen molar-refractivity contribution < 1.29 is 19.1 Å². The average molecular weight is 329 g/mol. The molecule has 0 aliphatic carbocycles. The summed E-state index contributed by atoms with van der Waals surface area (Å²) < 4.78 is 10.2. The molecule has 0 unspecified atom stereocenters. The lowest BCUT2D eigenvalue weighted by atomic mass is 10.2. The van der Waals surface area contributed by atoms with Gasteiger partial charge in [0.05, 0.1) is 22.4 Å². The Hall–Kier alpha value is -1.79. The molecular formula is C15H21ClN2O4. The fraction of sp³-hybridized carbons (Fsp3) is 0.467. The molecule has 1 aromatic carbocycles. The SMILES string of the molecule is CC(C)OCCCNC(=O)COC(=O)c1ccc(Cl)c(N)c1. The molecule has 0 radical (unpaired) electrons. The van der Waals surface area contributed by atoms with Gasteiger partial charge in [0.1, 0.15) is 0 Å². The summed E-state index contributed by atoms with van der Waals surface area (Å²) in [6.07, 6.45) is 0.870. The van der Waals surface area contributed by atoms with Crippen molar-refractivity contribution in [3.63, 3.8) is 0 Å². The fourth-order valence-electron chi connectivity index (χ4n) is 1.56. The van der Waals surface area contributed by atoms with Crippen LogP contribution in [0.25, 0.3) is 0 Å². The highest BCUT2D eigenvalue weighted by Crippen LogP contribution is 2.19. The maximum Gasteiger partial charge on any atom is 0.338 e. The smallest absolute Gasteiger partial charge is 0.338 e. The molecule has 0 saturated heterocycles. The Morgan fingerprint density at radius 3 is 2.73 bits per heavy atom. The summed E-state index contributed by atoms with van der Waals surface area (Å²) in [5, 5.41) is 3.00. The van der Waals surface area contributed by atoms with Gasteiger partial charge in [-0.1, -0.05) is 11.6 Å². The standard InChI is InChI=1S/C15H21ClN2O4/c1-10(2)21-7-3-6-18-14(19)9-22-15(20)11-4-5-12(16)13(17)8-11/h4-5,8,10H,3,6-7,9,17H2,1-2H3,(H,18,19). The summed E-state index contributed by atoms with van der Waals surface area (Å²) in [5.74, 6) is -0.985. The number of hydrogen-bond donors (Lipinski definition) is 2. The Balaban J connectivity index is 2.25. The average Bonchev–Trinajstić information content (AvgIpc) is 2.47. The molecular weight excluding hydrogens is 308 g/mol. The van der Waals surface area contributed by atoms with Crippen LogP contribution in [0.5, 0.6) is 0 Å². The number of esters is 1. The second-order valence-corrected chi connectivity index (χ2v) is 5.34. The van der Waals surface area contributed by atoms with Crippen molar-refractivity contribution >= 4 is 29.2 Å². The summed E-state index contributed by atoms with van der Waals surface area (Å²) in [4.78, 5) is 23.3. The molecule has 1 amide bonds. The van der Waals surface area contributed by atoms with Gasteiger partial charge in [-0.2, -0.15) is 0 Å².